The second kappa shape index (κ2) is 8.97. The Bertz CT molecular complexity index is 756. The van der Waals surface area contributed by atoms with E-state index in [4.69, 9.17) is 16.3 Å². The number of nitrogens with one attached hydrogen (secondary N) is 2. The van der Waals surface area contributed by atoms with Crippen molar-refractivity contribution in [1.29, 1.82) is 0 Å². The third kappa shape index (κ3) is 4.80. The smallest absolute Gasteiger partial charge is 0.339 e. The number of aromatic nitrogens is 1. The summed E-state index contributed by atoms with van der Waals surface area (Å²) < 4.78 is 4.81. The Morgan fingerprint density at radius 3 is 2.56 bits per heavy atom. The Morgan fingerprint density at radius 2 is 1.96 bits per heavy atom. The van der Waals surface area contributed by atoms with E-state index < -0.39 is 5.97 Å². The largest absolute Gasteiger partial charge is 0.465 e. The zero-order valence-electron chi connectivity index (χ0n) is 14.4. The lowest BCUT2D eigenvalue weighted by atomic mass is 10.1. The van der Waals surface area contributed by atoms with Crippen LogP contribution in [0.25, 0.3) is 0 Å². The summed E-state index contributed by atoms with van der Waals surface area (Å²) in [5.41, 5.74) is 2.19. The van der Waals surface area contributed by atoms with Gasteiger partial charge in [0.15, 0.2) is 0 Å². The van der Waals surface area contributed by atoms with Gasteiger partial charge in [-0.2, -0.15) is 0 Å². The number of H-pyrrole nitrogens is 1. The first-order valence-electron chi connectivity index (χ1n) is 7.94. The van der Waals surface area contributed by atoms with Gasteiger partial charge in [-0.3, -0.25) is 4.79 Å². The first-order chi connectivity index (χ1) is 12.0. The minimum Gasteiger partial charge on any atom is -0.465 e. The number of esters is 1. The lowest BCUT2D eigenvalue weighted by Gasteiger charge is -2.05. The van der Waals surface area contributed by atoms with Crippen molar-refractivity contribution in [2.75, 3.05) is 19.4 Å². The monoisotopic (exact) mass is 380 g/mol. The van der Waals surface area contributed by atoms with Crippen molar-refractivity contribution in [3.8, 4) is 0 Å². The average Bonchev–Trinajstić information content (AvgIpc) is 2.96. The first kappa shape index (κ1) is 19.4. The Hall–Kier alpha value is -1.92. The number of aryl methyl sites for hydroxylation is 1. The second-order valence-corrected chi connectivity index (χ2v) is 6.99. The third-order valence-corrected chi connectivity index (χ3v) is 5.03. The molecular formula is C18H21ClN2O3S. The quantitative estimate of drug-likeness (QED) is 0.435. The number of amides is 1. The van der Waals surface area contributed by atoms with Crippen molar-refractivity contribution in [3.63, 3.8) is 0 Å². The van der Waals surface area contributed by atoms with Crippen molar-refractivity contribution < 1.29 is 14.3 Å². The molecule has 1 aromatic heterocycles. The molecule has 0 aliphatic rings. The average molecular weight is 381 g/mol. The number of aromatic amines is 1. The topological polar surface area (TPSA) is 71.2 Å². The Balaban J connectivity index is 1.95. The van der Waals surface area contributed by atoms with Crippen LogP contribution in [-0.2, 0) is 11.2 Å². The Kier molecular flexibility index (Phi) is 6.96. The van der Waals surface area contributed by atoms with Gasteiger partial charge < -0.3 is 15.0 Å². The third-order valence-electron chi connectivity index (χ3n) is 3.77. The van der Waals surface area contributed by atoms with Crippen molar-refractivity contribution in [3.05, 3.63) is 51.8 Å². The van der Waals surface area contributed by atoms with Gasteiger partial charge in [-0.15, -0.1) is 11.8 Å². The molecule has 5 nitrogen and oxygen atoms in total. The van der Waals surface area contributed by atoms with E-state index in [-0.39, 0.29) is 5.91 Å². The molecule has 0 unspecified atom stereocenters. The van der Waals surface area contributed by atoms with Crippen LogP contribution in [0.1, 0.15) is 39.0 Å². The number of hydrogen-bond donors (Lipinski definition) is 2. The number of carbonyl (C=O) groups is 2. The molecule has 7 heteroatoms. The molecule has 0 radical (unpaired) electrons. The molecule has 2 N–H and O–H groups in total. The highest BCUT2D eigenvalue weighted by Gasteiger charge is 2.23. The van der Waals surface area contributed by atoms with Crippen LogP contribution < -0.4 is 5.32 Å². The van der Waals surface area contributed by atoms with Gasteiger partial charge in [-0.1, -0.05) is 18.5 Å². The number of rotatable bonds is 7. The highest BCUT2D eigenvalue weighted by Crippen LogP contribution is 2.21. The summed E-state index contributed by atoms with van der Waals surface area (Å²) in [4.78, 5) is 28.4. The van der Waals surface area contributed by atoms with Crippen molar-refractivity contribution >= 4 is 35.2 Å². The first-order valence-corrected chi connectivity index (χ1v) is 9.30. The molecule has 0 fully saturated rings. The van der Waals surface area contributed by atoms with Gasteiger partial charge in [0, 0.05) is 27.9 Å². The van der Waals surface area contributed by atoms with Gasteiger partial charge >= 0.3 is 5.97 Å². The zero-order chi connectivity index (χ0) is 18.4. The molecule has 1 amide bonds. The number of thioether (sulfide) groups is 1. The molecule has 0 aliphatic carbocycles. The molecule has 134 valence electrons. The predicted molar refractivity (Wildman–Crippen MR) is 101 cm³/mol. The normalized spacial score (nSPS) is 10.6. The molecule has 1 aromatic carbocycles. The van der Waals surface area contributed by atoms with Crippen LogP contribution >= 0.6 is 23.4 Å². The van der Waals surface area contributed by atoms with Crippen molar-refractivity contribution in [1.82, 2.24) is 10.3 Å². The maximum absolute atomic E-state index is 12.4. The van der Waals surface area contributed by atoms with E-state index in [1.165, 1.54) is 7.11 Å². The summed E-state index contributed by atoms with van der Waals surface area (Å²) >= 11 is 7.49. The van der Waals surface area contributed by atoms with Gasteiger partial charge in [0.1, 0.15) is 5.69 Å². The van der Waals surface area contributed by atoms with E-state index in [9.17, 15) is 9.59 Å². The minimum absolute atomic E-state index is 0.223. The Labute approximate surface area is 156 Å². The highest BCUT2D eigenvalue weighted by molar-refractivity contribution is 7.99. The number of methoxy groups -OCH3 is 1. The number of carbonyl (C=O) groups excluding carboxylic acids is 2. The van der Waals surface area contributed by atoms with Crippen molar-refractivity contribution in [2.24, 2.45) is 0 Å². The molecular weight excluding hydrogens is 360 g/mol. The van der Waals surface area contributed by atoms with E-state index >= 15 is 0 Å². The fraction of sp³-hybridized carbons (Fsp3) is 0.333. The maximum Gasteiger partial charge on any atom is 0.339 e. The highest BCUT2D eigenvalue weighted by atomic mass is 35.5. The fourth-order valence-electron chi connectivity index (χ4n) is 2.48. The van der Waals surface area contributed by atoms with E-state index in [0.717, 1.165) is 10.6 Å². The van der Waals surface area contributed by atoms with Gasteiger partial charge in [0.25, 0.3) is 5.91 Å². The van der Waals surface area contributed by atoms with E-state index in [1.807, 2.05) is 31.2 Å². The molecule has 2 aromatic rings. The Morgan fingerprint density at radius 1 is 1.28 bits per heavy atom. The van der Waals surface area contributed by atoms with Gasteiger partial charge in [-0.25, -0.2) is 4.79 Å². The molecule has 0 atom stereocenters. The van der Waals surface area contributed by atoms with Gasteiger partial charge in [-0.05, 0) is 43.2 Å². The van der Waals surface area contributed by atoms with Crippen molar-refractivity contribution in [2.45, 2.75) is 25.2 Å². The number of benzene rings is 1. The van der Waals surface area contributed by atoms with Gasteiger partial charge in [0.2, 0.25) is 0 Å². The summed E-state index contributed by atoms with van der Waals surface area (Å²) in [7, 11) is 1.34. The summed E-state index contributed by atoms with van der Waals surface area (Å²) in [6.07, 6.45) is 0.616. The molecule has 0 saturated carbocycles. The standard InChI is InChI=1S/C18H21ClN2O3S/c1-4-14-15(18(23)24-3)11(2)16(21-14)17(22)20-9-10-25-13-7-5-12(19)6-8-13/h5-8,21H,4,9-10H2,1-3H3,(H,20,22). The van der Waals surface area contributed by atoms with Crippen LogP contribution in [0.15, 0.2) is 29.2 Å². The van der Waals surface area contributed by atoms with Crippen LogP contribution in [0.5, 0.6) is 0 Å². The summed E-state index contributed by atoms with van der Waals surface area (Å²) in [6, 6.07) is 7.57. The molecule has 0 saturated heterocycles. The summed E-state index contributed by atoms with van der Waals surface area (Å²) in [6.45, 7) is 4.18. The van der Waals surface area contributed by atoms with Crippen LogP contribution in [0, 0.1) is 6.92 Å². The minimum atomic E-state index is -0.428. The molecule has 0 bridgehead atoms. The maximum atomic E-state index is 12.4. The molecule has 2 rings (SSSR count). The second-order valence-electron chi connectivity index (χ2n) is 5.38. The molecule has 0 spiro atoms. The van der Waals surface area contributed by atoms with E-state index in [0.29, 0.717) is 40.5 Å². The van der Waals surface area contributed by atoms with Crippen LogP contribution in [0.3, 0.4) is 0 Å². The molecule has 1 heterocycles. The number of hydrogen-bond acceptors (Lipinski definition) is 4. The van der Waals surface area contributed by atoms with Crippen LogP contribution in [0.4, 0.5) is 0 Å². The SMILES string of the molecule is CCc1[nH]c(C(=O)NCCSc2ccc(Cl)cc2)c(C)c1C(=O)OC. The van der Waals surface area contributed by atoms with Crippen LogP contribution in [0.2, 0.25) is 5.02 Å². The molecule has 0 aliphatic heterocycles. The van der Waals surface area contributed by atoms with Gasteiger partial charge in [0.05, 0.1) is 12.7 Å². The van der Waals surface area contributed by atoms with Crippen LogP contribution in [-0.4, -0.2) is 36.3 Å². The lowest BCUT2D eigenvalue weighted by molar-refractivity contribution is 0.0599. The number of halogens is 1. The zero-order valence-corrected chi connectivity index (χ0v) is 16.0. The van der Waals surface area contributed by atoms with E-state index in [2.05, 4.69) is 10.3 Å². The fourth-order valence-corrected chi connectivity index (χ4v) is 3.38. The van der Waals surface area contributed by atoms with E-state index in [1.54, 1.807) is 18.7 Å². The lowest BCUT2D eigenvalue weighted by Crippen LogP contribution is -2.26. The summed E-state index contributed by atoms with van der Waals surface area (Å²) in [5, 5.41) is 3.58. The number of ether oxygens (including phenoxy) is 1. The summed E-state index contributed by atoms with van der Waals surface area (Å²) in [5.74, 6) is 0.0828. The molecule has 25 heavy (non-hydrogen) atoms. The predicted octanol–water partition coefficient (Wildman–Crippen LogP) is 3.85.